The summed E-state index contributed by atoms with van der Waals surface area (Å²) in [4.78, 5) is 2.45. The maximum Gasteiger partial charge on any atom is 0.126 e. The summed E-state index contributed by atoms with van der Waals surface area (Å²) < 4.78 is 21.2. The monoisotopic (exact) mass is 352 g/mol. The van der Waals surface area contributed by atoms with E-state index in [4.69, 9.17) is 4.74 Å². The lowest BCUT2D eigenvalue weighted by Gasteiger charge is -2.32. The first-order valence-electron chi connectivity index (χ1n) is 9.41. The molecule has 1 aromatic heterocycles. The summed E-state index contributed by atoms with van der Waals surface area (Å²) in [5.74, 6) is 1.10. The number of likely N-dealkylation sites (tertiary alicyclic amines) is 1. The van der Waals surface area contributed by atoms with E-state index in [0.717, 1.165) is 32.1 Å². The standard InChI is InChI=1S/C22H25FN2O/c23-21-6-3-7-22(14-21)26-13-12-24-10-8-18(9-11-24)15-25-16-19-4-1-2-5-20(19)17-25/h1-7,14,16-18H,8-13,15H2. The Kier molecular flexibility index (Phi) is 5.21. The number of fused-ring (bicyclic) bond motifs is 1. The number of aromatic nitrogens is 1. The van der Waals surface area contributed by atoms with Gasteiger partial charge in [-0.3, -0.25) is 4.90 Å². The summed E-state index contributed by atoms with van der Waals surface area (Å²) in [6, 6.07) is 14.9. The van der Waals surface area contributed by atoms with Gasteiger partial charge in [0.05, 0.1) is 0 Å². The summed E-state index contributed by atoms with van der Waals surface area (Å²) >= 11 is 0. The van der Waals surface area contributed by atoms with Crippen molar-refractivity contribution in [2.75, 3.05) is 26.2 Å². The fraction of sp³-hybridized carbons (Fsp3) is 0.364. The Morgan fingerprint density at radius 1 is 0.962 bits per heavy atom. The average Bonchev–Trinajstić information content (AvgIpc) is 3.05. The molecule has 0 radical (unpaired) electrons. The van der Waals surface area contributed by atoms with E-state index in [1.165, 1.54) is 35.7 Å². The highest BCUT2D eigenvalue weighted by molar-refractivity contribution is 5.82. The molecule has 0 bridgehead atoms. The van der Waals surface area contributed by atoms with E-state index >= 15 is 0 Å². The van der Waals surface area contributed by atoms with Crippen molar-refractivity contribution in [1.82, 2.24) is 9.47 Å². The minimum absolute atomic E-state index is 0.249. The molecule has 3 nitrogen and oxygen atoms in total. The summed E-state index contributed by atoms with van der Waals surface area (Å²) in [7, 11) is 0. The number of halogens is 1. The third-order valence-corrected chi connectivity index (χ3v) is 5.25. The maximum absolute atomic E-state index is 13.1. The Morgan fingerprint density at radius 2 is 1.69 bits per heavy atom. The van der Waals surface area contributed by atoms with Gasteiger partial charge in [0, 0.05) is 31.5 Å². The van der Waals surface area contributed by atoms with Gasteiger partial charge < -0.3 is 9.30 Å². The molecule has 2 aromatic carbocycles. The van der Waals surface area contributed by atoms with Crippen molar-refractivity contribution in [2.45, 2.75) is 19.4 Å². The van der Waals surface area contributed by atoms with Gasteiger partial charge in [0.15, 0.2) is 0 Å². The van der Waals surface area contributed by atoms with Gasteiger partial charge in [-0.05, 0) is 54.8 Å². The van der Waals surface area contributed by atoms with Crippen LogP contribution in [0.4, 0.5) is 4.39 Å². The highest BCUT2D eigenvalue weighted by Gasteiger charge is 2.19. The van der Waals surface area contributed by atoms with Gasteiger partial charge in [0.2, 0.25) is 0 Å². The fourth-order valence-corrected chi connectivity index (χ4v) is 3.79. The zero-order chi connectivity index (χ0) is 17.8. The van der Waals surface area contributed by atoms with Crippen LogP contribution in [0.5, 0.6) is 5.75 Å². The SMILES string of the molecule is Fc1cccc(OCCN2CCC(Cn3cc4ccccc4c3)CC2)c1. The molecule has 0 atom stereocenters. The summed E-state index contributed by atoms with van der Waals surface area (Å²) in [6.07, 6.45) is 6.95. The van der Waals surface area contributed by atoms with E-state index in [0.29, 0.717) is 12.4 Å². The van der Waals surface area contributed by atoms with Crippen molar-refractivity contribution in [2.24, 2.45) is 5.92 Å². The second-order valence-corrected chi connectivity index (χ2v) is 7.17. The molecule has 136 valence electrons. The van der Waals surface area contributed by atoms with E-state index in [9.17, 15) is 4.39 Å². The number of rotatable bonds is 6. The first-order valence-corrected chi connectivity index (χ1v) is 9.41. The highest BCUT2D eigenvalue weighted by Crippen LogP contribution is 2.22. The third-order valence-electron chi connectivity index (χ3n) is 5.25. The Morgan fingerprint density at radius 3 is 2.38 bits per heavy atom. The molecular weight excluding hydrogens is 327 g/mol. The first kappa shape index (κ1) is 17.1. The summed E-state index contributed by atoms with van der Waals surface area (Å²) in [6.45, 7) is 4.83. The van der Waals surface area contributed by atoms with Gasteiger partial charge in [-0.15, -0.1) is 0 Å². The molecule has 1 aliphatic heterocycles. The lowest BCUT2D eigenvalue weighted by atomic mass is 9.97. The highest BCUT2D eigenvalue weighted by atomic mass is 19.1. The molecule has 0 spiro atoms. The molecule has 26 heavy (non-hydrogen) atoms. The van der Waals surface area contributed by atoms with E-state index in [-0.39, 0.29) is 5.82 Å². The summed E-state index contributed by atoms with van der Waals surface area (Å²) in [5.41, 5.74) is 0. The van der Waals surface area contributed by atoms with Crippen LogP contribution in [0.2, 0.25) is 0 Å². The predicted octanol–water partition coefficient (Wildman–Crippen LogP) is 4.57. The zero-order valence-electron chi connectivity index (χ0n) is 15.0. The van der Waals surface area contributed by atoms with Crippen LogP contribution >= 0.6 is 0 Å². The second kappa shape index (κ2) is 7.92. The molecular formula is C22H25FN2O. The summed E-state index contributed by atoms with van der Waals surface area (Å²) in [5, 5.41) is 2.64. The van der Waals surface area contributed by atoms with Crippen LogP contribution in [0.3, 0.4) is 0 Å². The van der Waals surface area contributed by atoms with E-state index in [1.807, 2.05) is 0 Å². The number of hydrogen-bond donors (Lipinski definition) is 0. The number of piperidine rings is 1. The van der Waals surface area contributed by atoms with Gasteiger partial charge in [0.1, 0.15) is 18.2 Å². The topological polar surface area (TPSA) is 17.4 Å². The van der Waals surface area contributed by atoms with Crippen LogP contribution in [0.15, 0.2) is 60.9 Å². The van der Waals surface area contributed by atoms with Crippen LogP contribution in [-0.2, 0) is 6.54 Å². The quantitative estimate of drug-likeness (QED) is 0.646. The van der Waals surface area contributed by atoms with Gasteiger partial charge in [-0.2, -0.15) is 0 Å². The molecule has 4 rings (SSSR count). The van der Waals surface area contributed by atoms with Crippen LogP contribution < -0.4 is 4.74 Å². The number of nitrogens with zero attached hydrogens (tertiary/aromatic N) is 2. The first-order chi connectivity index (χ1) is 12.8. The molecule has 0 N–H and O–H groups in total. The smallest absolute Gasteiger partial charge is 0.126 e. The number of benzene rings is 2. The molecule has 0 amide bonds. The van der Waals surface area contributed by atoms with Gasteiger partial charge >= 0.3 is 0 Å². The zero-order valence-corrected chi connectivity index (χ0v) is 15.0. The predicted molar refractivity (Wildman–Crippen MR) is 103 cm³/mol. The van der Waals surface area contributed by atoms with Crippen LogP contribution in [0.25, 0.3) is 10.8 Å². The molecule has 0 aliphatic carbocycles. The van der Waals surface area contributed by atoms with Crippen molar-refractivity contribution in [3.63, 3.8) is 0 Å². The molecule has 3 aromatic rings. The minimum Gasteiger partial charge on any atom is -0.492 e. The van der Waals surface area contributed by atoms with Crippen molar-refractivity contribution < 1.29 is 9.13 Å². The van der Waals surface area contributed by atoms with Crippen LogP contribution in [0.1, 0.15) is 12.8 Å². The Bertz CT molecular complexity index is 819. The largest absolute Gasteiger partial charge is 0.492 e. The van der Waals surface area contributed by atoms with Gasteiger partial charge in [-0.25, -0.2) is 4.39 Å². The van der Waals surface area contributed by atoms with Gasteiger partial charge in [0.25, 0.3) is 0 Å². The number of ether oxygens (including phenoxy) is 1. The molecule has 0 saturated carbocycles. The minimum atomic E-state index is -0.249. The van der Waals surface area contributed by atoms with Crippen molar-refractivity contribution in [3.8, 4) is 5.75 Å². The molecule has 0 unspecified atom stereocenters. The van der Waals surface area contributed by atoms with E-state index in [1.54, 1.807) is 12.1 Å². The molecule has 2 heterocycles. The van der Waals surface area contributed by atoms with Crippen molar-refractivity contribution in [3.05, 3.63) is 66.7 Å². The second-order valence-electron chi connectivity index (χ2n) is 7.17. The van der Waals surface area contributed by atoms with Crippen LogP contribution in [0, 0.1) is 11.7 Å². The van der Waals surface area contributed by atoms with Crippen LogP contribution in [-0.4, -0.2) is 35.7 Å². The maximum atomic E-state index is 13.1. The number of hydrogen-bond acceptors (Lipinski definition) is 2. The fourth-order valence-electron chi connectivity index (χ4n) is 3.79. The normalized spacial score (nSPS) is 16.2. The Balaban J connectivity index is 1.21. The average molecular weight is 352 g/mol. The molecule has 1 fully saturated rings. The molecule has 1 aliphatic rings. The van der Waals surface area contributed by atoms with E-state index in [2.05, 4.69) is 46.1 Å². The Hall–Kier alpha value is -2.33. The molecule has 1 saturated heterocycles. The lowest BCUT2D eigenvalue weighted by molar-refractivity contribution is 0.148. The Labute approximate surface area is 154 Å². The molecule has 4 heteroatoms. The van der Waals surface area contributed by atoms with Gasteiger partial charge in [-0.1, -0.05) is 30.3 Å². The van der Waals surface area contributed by atoms with Crippen molar-refractivity contribution in [1.29, 1.82) is 0 Å². The van der Waals surface area contributed by atoms with E-state index < -0.39 is 0 Å². The van der Waals surface area contributed by atoms with Crippen molar-refractivity contribution >= 4 is 10.8 Å². The lowest BCUT2D eigenvalue weighted by Crippen LogP contribution is -2.37. The third kappa shape index (κ3) is 4.25.